The van der Waals surface area contributed by atoms with Crippen LogP contribution in [0.2, 0.25) is 0 Å². The summed E-state index contributed by atoms with van der Waals surface area (Å²) >= 11 is 0. The summed E-state index contributed by atoms with van der Waals surface area (Å²) < 4.78 is 1.79. The predicted molar refractivity (Wildman–Crippen MR) is 81.5 cm³/mol. The molecule has 1 aliphatic rings. The second kappa shape index (κ2) is 6.07. The molecule has 3 rings (SSSR count). The Bertz CT molecular complexity index is 575. The van der Waals surface area contributed by atoms with Gasteiger partial charge in [0.05, 0.1) is 0 Å². The lowest BCUT2D eigenvalue weighted by atomic mass is 9.82. The molecule has 0 atom stereocenters. The van der Waals surface area contributed by atoms with Crippen molar-refractivity contribution >= 4 is 11.9 Å². The lowest BCUT2D eigenvalue weighted by Gasteiger charge is -2.33. The van der Waals surface area contributed by atoms with Gasteiger partial charge in [0, 0.05) is 25.0 Å². The van der Waals surface area contributed by atoms with E-state index in [0.717, 1.165) is 18.9 Å². The first kappa shape index (κ1) is 13.8. The first-order chi connectivity index (χ1) is 10.2. The first-order valence-electron chi connectivity index (χ1n) is 7.49. The van der Waals surface area contributed by atoms with E-state index in [2.05, 4.69) is 44.4 Å². The fourth-order valence-corrected chi connectivity index (χ4v) is 2.44. The van der Waals surface area contributed by atoms with Gasteiger partial charge in [-0.15, -0.1) is 0 Å². The van der Waals surface area contributed by atoms with Gasteiger partial charge in [-0.3, -0.25) is 4.57 Å². The van der Waals surface area contributed by atoms with Crippen LogP contribution in [0.25, 0.3) is 5.95 Å². The van der Waals surface area contributed by atoms with Crippen LogP contribution in [0, 0.1) is 5.92 Å². The third kappa shape index (κ3) is 3.29. The molecule has 7 heteroatoms. The minimum Gasteiger partial charge on any atom is -0.354 e. The van der Waals surface area contributed by atoms with Crippen LogP contribution in [0.1, 0.15) is 33.1 Å². The normalized spacial score (nSPS) is 20.9. The molecule has 1 saturated carbocycles. The maximum absolute atomic E-state index is 4.48. The second-order valence-corrected chi connectivity index (χ2v) is 5.60. The Kier molecular flexibility index (Phi) is 3.98. The molecule has 1 fully saturated rings. The number of hydrogen-bond acceptors (Lipinski definition) is 6. The molecule has 2 aromatic heterocycles. The van der Waals surface area contributed by atoms with Crippen molar-refractivity contribution in [3.8, 4) is 5.95 Å². The van der Waals surface area contributed by atoms with Crippen molar-refractivity contribution in [1.29, 1.82) is 0 Å². The Morgan fingerprint density at radius 2 is 2.05 bits per heavy atom. The van der Waals surface area contributed by atoms with E-state index in [1.807, 2.05) is 6.20 Å². The number of nitrogens with one attached hydrogen (secondary N) is 2. The largest absolute Gasteiger partial charge is 0.354 e. The SMILES string of the molecule is CCCNc1nc(NC2CC(C)C2)nc(-n2ccnc2)n1. The maximum atomic E-state index is 4.48. The summed E-state index contributed by atoms with van der Waals surface area (Å²) in [6.07, 6.45) is 8.59. The van der Waals surface area contributed by atoms with Crippen LogP contribution in [0.3, 0.4) is 0 Å². The van der Waals surface area contributed by atoms with E-state index < -0.39 is 0 Å². The Labute approximate surface area is 124 Å². The molecular weight excluding hydrogens is 266 g/mol. The van der Waals surface area contributed by atoms with E-state index in [4.69, 9.17) is 0 Å². The Hall–Kier alpha value is -2.18. The number of nitrogens with zero attached hydrogens (tertiary/aromatic N) is 5. The summed E-state index contributed by atoms with van der Waals surface area (Å²) in [6.45, 7) is 5.21. The molecule has 0 amide bonds. The molecule has 7 nitrogen and oxygen atoms in total. The van der Waals surface area contributed by atoms with Gasteiger partial charge in [-0.1, -0.05) is 13.8 Å². The maximum Gasteiger partial charge on any atom is 0.241 e. The monoisotopic (exact) mass is 287 g/mol. The van der Waals surface area contributed by atoms with E-state index in [1.54, 1.807) is 17.1 Å². The smallest absolute Gasteiger partial charge is 0.241 e. The fourth-order valence-electron chi connectivity index (χ4n) is 2.44. The number of aromatic nitrogens is 5. The lowest BCUT2D eigenvalue weighted by Crippen LogP contribution is -2.34. The number of anilines is 2. The minimum absolute atomic E-state index is 0.470. The third-order valence-corrected chi connectivity index (χ3v) is 3.60. The van der Waals surface area contributed by atoms with Crippen LogP contribution in [0.4, 0.5) is 11.9 Å². The molecule has 2 heterocycles. The second-order valence-electron chi connectivity index (χ2n) is 5.60. The van der Waals surface area contributed by atoms with Gasteiger partial charge < -0.3 is 10.6 Å². The molecule has 0 aliphatic heterocycles. The van der Waals surface area contributed by atoms with Gasteiger partial charge in [-0.05, 0) is 25.2 Å². The van der Waals surface area contributed by atoms with Gasteiger partial charge in [-0.2, -0.15) is 15.0 Å². The van der Waals surface area contributed by atoms with E-state index in [9.17, 15) is 0 Å². The molecule has 0 radical (unpaired) electrons. The first-order valence-corrected chi connectivity index (χ1v) is 7.49. The van der Waals surface area contributed by atoms with Gasteiger partial charge in [0.25, 0.3) is 0 Å². The van der Waals surface area contributed by atoms with Crippen LogP contribution >= 0.6 is 0 Å². The van der Waals surface area contributed by atoms with Crippen LogP contribution in [0.15, 0.2) is 18.7 Å². The zero-order valence-corrected chi connectivity index (χ0v) is 12.5. The van der Waals surface area contributed by atoms with Crippen molar-refractivity contribution in [2.75, 3.05) is 17.2 Å². The highest BCUT2D eigenvalue weighted by molar-refractivity contribution is 5.39. The summed E-state index contributed by atoms with van der Waals surface area (Å²) in [7, 11) is 0. The molecule has 0 unspecified atom stereocenters. The van der Waals surface area contributed by atoms with Crippen molar-refractivity contribution in [2.24, 2.45) is 5.92 Å². The molecule has 112 valence electrons. The highest BCUT2D eigenvalue weighted by atomic mass is 15.3. The van der Waals surface area contributed by atoms with E-state index >= 15 is 0 Å². The van der Waals surface area contributed by atoms with Crippen LogP contribution < -0.4 is 10.6 Å². The van der Waals surface area contributed by atoms with Crippen molar-refractivity contribution in [1.82, 2.24) is 24.5 Å². The molecular formula is C14H21N7. The van der Waals surface area contributed by atoms with Crippen LogP contribution in [-0.2, 0) is 0 Å². The quantitative estimate of drug-likeness (QED) is 0.846. The summed E-state index contributed by atoms with van der Waals surface area (Å²) in [5, 5.41) is 6.61. The van der Waals surface area contributed by atoms with Crippen molar-refractivity contribution < 1.29 is 0 Å². The van der Waals surface area contributed by atoms with Crippen molar-refractivity contribution in [3.05, 3.63) is 18.7 Å². The van der Waals surface area contributed by atoms with Gasteiger partial charge >= 0.3 is 0 Å². The highest BCUT2D eigenvalue weighted by Crippen LogP contribution is 2.28. The number of imidazole rings is 1. The number of hydrogen-bond donors (Lipinski definition) is 2. The molecule has 0 saturated heterocycles. The average molecular weight is 287 g/mol. The zero-order chi connectivity index (χ0) is 14.7. The topological polar surface area (TPSA) is 80.5 Å². The van der Waals surface area contributed by atoms with Gasteiger partial charge in [0.2, 0.25) is 17.8 Å². The molecule has 0 bridgehead atoms. The minimum atomic E-state index is 0.470. The molecule has 2 N–H and O–H groups in total. The summed E-state index contributed by atoms with van der Waals surface area (Å²) in [5.74, 6) is 2.60. The van der Waals surface area contributed by atoms with Gasteiger partial charge in [-0.25, -0.2) is 4.98 Å². The molecule has 21 heavy (non-hydrogen) atoms. The predicted octanol–water partition coefficient (Wildman–Crippen LogP) is 2.09. The Morgan fingerprint density at radius 1 is 1.24 bits per heavy atom. The molecule has 0 aromatic carbocycles. The molecule has 0 spiro atoms. The van der Waals surface area contributed by atoms with Crippen LogP contribution in [-0.4, -0.2) is 37.1 Å². The van der Waals surface area contributed by atoms with E-state index in [-0.39, 0.29) is 0 Å². The summed E-state index contributed by atoms with van der Waals surface area (Å²) in [4.78, 5) is 17.4. The highest BCUT2D eigenvalue weighted by Gasteiger charge is 2.26. The summed E-state index contributed by atoms with van der Waals surface area (Å²) in [6, 6.07) is 0.470. The Morgan fingerprint density at radius 3 is 2.71 bits per heavy atom. The third-order valence-electron chi connectivity index (χ3n) is 3.60. The fraction of sp³-hybridized carbons (Fsp3) is 0.571. The van der Waals surface area contributed by atoms with Crippen molar-refractivity contribution in [3.63, 3.8) is 0 Å². The molecule has 2 aromatic rings. The standard InChI is InChI=1S/C14H21N7/c1-3-4-16-12-18-13(17-11-7-10(2)8-11)20-14(19-12)21-6-5-15-9-21/h5-6,9-11H,3-4,7-8H2,1-2H3,(H2,16,17,18,19,20). The summed E-state index contributed by atoms with van der Waals surface area (Å²) in [5.41, 5.74) is 0. The van der Waals surface area contributed by atoms with Crippen molar-refractivity contribution in [2.45, 2.75) is 39.2 Å². The van der Waals surface area contributed by atoms with Gasteiger partial charge in [0.15, 0.2) is 0 Å². The lowest BCUT2D eigenvalue weighted by molar-refractivity contribution is 0.308. The van der Waals surface area contributed by atoms with E-state index in [1.165, 1.54) is 12.8 Å². The zero-order valence-electron chi connectivity index (χ0n) is 12.5. The average Bonchev–Trinajstić information content (AvgIpc) is 2.97. The molecule has 1 aliphatic carbocycles. The van der Waals surface area contributed by atoms with Gasteiger partial charge in [0.1, 0.15) is 6.33 Å². The number of rotatable bonds is 6. The van der Waals surface area contributed by atoms with E-state index in [0.29, 0.717) is 23.9 Å². The van der Waals surface area contributed by atoms with Crippen LogP contribution in [0.5, 0.6) is 0 Å². The Balaban J connectivity index is 1.82.